The summed E-state index contributed by atoms with van der Waals surface area (Å²) in [5.74, 6) is -1.16. The maximum Gasteiger partial charge on any atom is 0.240 e. The number of ether oxygens (including phenoxy) is 1. The standard InChI is InChI=1S/C20H18ClFN6O3/c1-10(13-6-12(22)3-4-15(13)29)31-16-5-11(9-25-19(16)24)18-14(8-23)28(2)27-20(18)26-17(30)7-21/h3-6,9-10,29H,7H2,1-2H3,(H2,24,25)(H,26,27,30). The minimum absolute atomic E-state index is 0.0419. The van der Waals surface area contributed by atoms with Crippen molar-refractivity contribution in [1.29, 1.82) is 5.26 Å². The molecule has 2 heterocycles. The molecule has 1 amide bonds. The molecule has 0 saturated carbocycles. The van der Waals surface area contributed by atoms with Gasteiger partial charge in [-0.2, -0.15) is 10.4 Å². The van der Waals surface area contributed by atoms with Gasteiger partial charge in [-0.3, -0.25) is 9.48 Å². The number of hydrogen-bond donors (Lipinski definition) is 3. The van der Waals surface area contributed by atoms with E-state index in [4.69, 9.17) is 22.1 Å². The van der Waals surface area contributed by atoms with Crippen molar-refractivity contribution in [3.63, 3.8) is 0 Å². The zero-order chi connectivity index (χ0) is 22.7. The van der Waals surface area contributed by atoms with Crippen LogP contribution in [0.15, 0.2) is 30.5 Å². The van der Waals surface area contributed by atoms with Gasteiger partial charge in [-0.1, -0.05) is 0 Å². The molecule has 0 aliphatic rings. The highest BCUT2D eigenvalue weighted by Crippen LogP contribution is 2.36. The van der Waals surface area contributed by atoms with Crippen molar-refractivity contribution in [1.82, 2.24) is 14.8 Å². The second kappa shape index (κ2) is 8.89. The molecule has 3 aromatic rings. The lowest BCUT2D eigenvalue weighted by Gasteiger charge is -2.18. The highest BCUT2D eigenvalue weighted by Gasteiger charge is 2.22. The minimum atomic E-state index is -0.769. The number of phenols is 1. The molecule has 4 N–H and O–H groups in total. The third-order valence-electron chi connectivity index (χ3n) is 4.43. The van der Waals surface area contributed by atoms with Crippen molar-refractivity contribution in [3.8, 4) is 28.7 Å². The van der Waals surface area contributed by atoms with Gasteiger partial charge in [0.2, 0.25) is 5.91 Å². The zero-order valence-electron chi connectivity index (χ0n) is 16.6. The van der Waals surface area contributed by atoms with Gasteiger partial charge in [0.1, 0.15) is 35.3 Å². The van der Waals surface area contributed by atoms with E-state index in [1.165, 1.54) is 23.0 Å². The van der Waals surface area contributed by atoms with E-state index in [-0.39, 0.29) is 40.3 Å². The molecule has 0 radical (unpaired) electrons. The Morgan fingerprint density at radius 2 is 2.23 bits per heavy atom. The van der Waals surface area contributed by atoms with E-state index >= 15 is 0 Å². The van der Waals surface area contributed by atoms with Crippen molar-refractivity contribution in [2.45, 2.75) is 13.0 Å². The van der Waals surface area contributed by atoms with Gasteiger partial charge in [0.15, 0.2) is 17.4 Å². The zero-order valence-corrected chi connectivity index (χ0v) is 17.3. The number of pyridine rings is 1. The second-order valence-electron chi connectivity index (χ2n) is 6.56. The maximum absolute atomic E-state index is 13.6. The fourth-order valence-electron chi connectivity index (χ4n) is 2.97. The molecule has 0 aliphatic heterocycles. The number of carbonyl (C=O) groups excluding carboxylic acids is 1. The van der Waals surface area contributed by atoms with E-state index in [0.29, 0.717) is 11.1 Å². The average molecular weight is 445 g/mol. The predicted molar refractivity (Wildman–Crippen MR) is 112 cm³/mol. The van der Waals surface area contributed by atoms with Crippen LogP contribution in [-0.2, 0) is 11.8 Å². The highest BCUT2D eigenvalue weighted by molar-refractivity contribution is 6.29. The number of nitrogens with one attached hydrogen (secondary N) is 1. The first-order valence-electron chi connectivity index (χ1n) is 8.99. The lowest BCUT2D eigenvalue weighted by Crippen LogP contribution is -2.13. The summed E-state index contributed by atoms with van der Waals surface area (Å²) < 4.78 is 20.7. The summed E-state index contributed by atoms with van der Waals surface area (Å²) in [6.45, 7) is 1.61. The summed E-state index contributed by atoms with van der Waals surface area (Å²) in [5.41, 5.74) is 7.02. The van der Waals surface area contributed by atoms with Gasteiger partial charge in [0.25, 0.3) is 0 Å². The quantitative estimate of drug-likeness (QED) is 0.496. The molecule has 1 aromatic carbocycles. The van der Waals surface area contributed by atoms with E-state index in [1.54, 1.807) is 14.0 Å². The van der Waals surface area contributed by atoms with Crippen LogP contribution >= 0.6 is 11.6 Å². The summed E-state index contributed by atoms with van der Waals surface area (Å²) in [6, 6.07) is 7.06. The molecule has 0 aliphatic carbocycles. The van der Waals surface area contributed by atoms with Crippen LogP contribution in [0.1, 0.15) is 24.3 Å². The number of aromatic hydroxyl groups is 1. The van der Waals surface area contributed by atoms with E-state index < -0.39 is 17.8 Å². The Bertz CT molecular complexity index is 1190. The van der Waals surface area contributed by atoms with Gasteiger partial charge in [0.05, 0.1) is 5.56 Å². The Morgan fingerprint density at radius 1 is 1.48 bits per heavy atom. The number of rotatable bonds is 6. The number of amides is 1. The number of nitrogen functional groups attached to an aromatic ring is 1. The van der Waals surface area contributed by atoms with Crippen molar-refractivity contribution in [2.24, 2.45) is 7.05 Å². The van der Waals surface area contributed by atoms with E-state index in [0.717, 1.165) is 12.1 Å². The van der Waals surface area contributed by atoms with E-state index in [2.05, 4.69) is 15.4 Å². The molecule has 0 bridgehead atoms. The van der Waals surface area contributed by atoms with Crippen molar-refractivity contribution >= 4 is 29.1 Å². The fraction of sp³-hybridized carbons (Fsp3) is 0.200. The summed E-state index contributed by atoms with van der Waals surface area (Å²) >= 11 is 5.56. The number of halogens is 2. The third-order valence-corrected chi connectivity index (χ3v) is 4.68. The second-order valence-corrected chi connectivity index (χ2v) is 6.83. The molecule has 0 spiro atoms. The van der Waals surface area contributed by atoms with Crippen LogP contribution in [0.2, 0.25) is 0 Å². The molecular formula is C20H18ClFN6O3. The SMILES string of the molecule is CC(Oc1cc(-c2c(NC(=O)CCl)nn(C)c2C#N)cnc1N)c1cc(F)ccc1O. The summed E-state index contributed by atoms with van der Waals surface area (Å²) in [5, 5.41) is 26.3. The van der Waals surface area contributed by atoms with Crippen LogP contribution in [0.25, 0.3) is 11.1 Å². The van der Waals surface area contributed by atoms with Crippen molar-refractivity contribution in [3.05, 3.63) is 47.5 Å². The summed E-state index contributed by atoms with van der Waals surface area (Å²) in [7, 11) is 1.55. The first kappa shape index (κ1) is 21.9. The normalized spacial score (nSPS) is 11.6. The molecule has 11 heteroatoms. The number of carbonyl (C=O) groups is 1. The van der Waals surface area contributed by atoms with Crippen LogP contribution in [0.3, 0.4) is 0 Å². The Hall–Kier alpha value is -3.84. The molecule has 31 heavy (non-hydrogen) atoms. The highest BCUT2D eigenvalue weighted by atomic mass is 35.5. The smallest absolute Gasteiger partial charge is 0.240 e. The number of nitriles is 1. The van der Waals surface area contributed by atoms with Gasteiger partial charge in [-0.15, -0.1) is 11.6 Å². The number of aromatic nitrogens is 3. The molecule has 1 atom stereocenters. The topological polar surface area (TPSA) is 139 Å². The Labute approximate surface area is 181 Å². The third kappa shape index (κ3) is 4.51. The predicted octanol–water partition coefficient (Wildman–Crippen LogP) is 3.10. The molecular weight excluding hydrogens is 427 g/mol. The number of hydrogen-bond acceptors (Lipinski definition) is 7. The van der Waals surface area contributed by atoms with Crippen molar-refractivity contribution < 1.29 is 19.0 Å². The molecule has 3 rings (SSSR count). The van der Waals surface area contributed by atoms with Gasteiger partial charge in [-0.25, -0.2) is 9.37 Å². The number of benzene rings is 1. The lowest BCUT2D eigenvalue weighted by atomic mass is 10.1. The van der Waals surface area contributed by atoms with Crippen LogP contribution in [0.4, 0.5) is 16.0 Å². The minimum Gasteiger partial charge on any atom is -0.508 e. The first-order valence-corrected chi connectivity index (χ1v) is 9.52. The molecule has 2 aromatic heterocycles. The Kier molecular flexibility index (Phi) is 6.27. The molecule has 0 fully saturated rings. The number of nitrogens with zero attached hydrogens (tertiary/aromatic N) is 4. The lowest BCUT2D eigenvalue weighted by molar-refractivity contribution is -0.113. The van der Waals surface area contributed by atoms with E-state index in [9.17, 15) is 19.6 Å². The average Bonchev–Trinajstić information content (AvgIpc) is 3.05. The summed E-state index contributed by atoms with van der Waals surface area (Å²) in [4.78, 5) is 15.9. The number of nitrogens with two attached hydrogens (primary N) is 1. The Morgan fingerprint density at radius 3 is 2.90 bits per heavy atom. The van der Waals surface area contributed by atoms with Crippen LogP contribution in [0, 0.1) is 17.1 Å². The van der Waals surface area contributed by atoms with Crippen molar-refractivity contribution in [2.75, 3.05) is 16.9 Å². The number of phenolic OH excluding ortho intramolecular Hbond substituents is 1. The maximum atomic E-state index is 13.6. The van der Waals surface area contributed by atoms with Gasteiger partial charge in [0, 0.05) is 24.4 Å². The monoisotopic (exact) mass is 444 g/mol. The Balaban J connectivity index is 2.03. The van der Waals surface area contributed by atoms with Crippen LogP contribution < -0.4 is 15.8 Å². The number of alkyl halides is 1. The molecule has 9 nitrogen and oxygen atoms in total. The number of aryl methyl sites for hydroxylation is 1. The molecule has 160 valence electrons. The van der Waals surface area contributed by atoms with E-state index in [1.807, 2.05) is 6.07 Å². The van der Waals surface area contributed by atoms with Gasteiger partial charge in [-0.05, 0) is 31.2 Å². The van der Waals surface area contributed by atoms with Crippen LogP contribution in [-0.4, -0.2) is 31.7 Å². The van der Waals surface area contributed by atoms with Gasteiger partial charge >= 0.3 is 0 Å². The van der Waals surface area contributed by atoms with Gasteiger partial charge < -0.3 is 20.9 Å². The molecule has 1 unspecified atom stereocenters. The summed E-state index contributed by atoms with van der Waals surface area (Å²) in [6.07, 6.45) is 0.635. The fourth-order valence-corrected chi connectivity index (χ4v) is 3.04. The largest absolute Gasteiger partial charge is 0.508 e. The first-order chi connectivity index (χ1) is 14.7. The van der Waals surface area contributed by atoms with Crippen LogP contribution in [0.5, 0.6) is 11.5 Å². The number of anilines is 2. The molecule has 0 saturated heterocycles.